The van der Waals surface area contributed by atoms with Crippen molar-refractivity contribution in [1.82, 2.24) is 15.0 Å². The molecule has 2 aliphatic carbocycles. The summed E-state index contributed by atoms with van der Waals surface area (Å²) in [5.74, 6) is 1.98. The van der Waals surface area contributed by atoms with Crippen LogP contribution in [0.2, 0.25) is 0 Å². The molecule has 0 aliphatic heterocycles. The summed E-state index contributed by atoms with van der Waals surface area (Å²) in [5.41, 5.74) is 12.7. The van der Waals surface area contributed by atoms with Crippen molar-refractivity contribution in [3.8, 4) is 56.4 Å². The summed E-state index contributed by atoms with van der Waals surface area (Å²) in [4.78, 5) is 15.0. The van der Waals surface area contributed by atoms with E-state index < -0.39 is 5.41 Å². The molecule has 0 saturated heterocycles. The quantitative estimate of drug-likeness (QED) is 0.196. The number of fused-ring (bicyclic) bond motifs is 10. The topological polar surface area (TPSA) is 38.7 Å². The Bertz CT molecular complexity index is 2170. The van der Waals surface area contributed by atoms with Gasteiger partial charge in [-0.25, -0.2) is 15.0 Å². The van der Waals surface area contributed by atoms with Gasteiger partial charge in [-0.1, -0.05) is 143 Å². The van der Waals surface area contributed by atoms with E-state index in [1.54, 1.807) is 0 Å². The predicted octanol–water partition coefficient (Wildman–Crippen LogP) is 9.98. The molecule has 1 heterocycles. The number of rotatable bonds is 3. The van der Waals surface area contributed by atoms with Gasteiger partial charge in [0.05, 0.1) is 5.41 Å². The second kappa shape index (κ2) is 9.66. The Morgan fingerprint density at radius 2 is 0.795 bits per heavy atom. The Balaban J connectivity index is 1.33. The third kappa shape index (κ3) is 3.58. The van der Waals surface area contributed by atoms with Gasteiger partial charge >= 0.3 is 0 Å². The van der Waals surface area contributed by atoms with Gasteiger partial charge in [0.15, 0.2) is 17.5 Å². The summed E-state index contributed by atoms with van der Waals surface area (Å²) < 4.78 is 1.07. The van der Waals surface area contributed by atoms with Crippen molar-refractivity contribution in [2.24, 2.45) is 0 Å². The average Bonchev–Trinajstić information content (AvgIpc) is 3.55. The van der Waals surface area contributed by atoms with Gasteiger partial charge in [0.1, 0.15) is 0 Å². The minimum atomic E-state index is -0.449. The molecule has 0 unspecified atom stereocenters. The Hall–Kier alpha value is -5.19. The number of aromatic nitrogens is 3. The maximum absolute atomic E-state index is 5.06. The largest absolute Gasteiger partial charge is 0.208 e. The van der Waals surface area contributed by atoms with Crippen molar-refractivity contribution in [2.75, 3.05) is 0 Å². The van der Waals surface area contributed by atoms with Crippen molar-refractivity contribution in [3.63, 3.8) is 0 Å². The molecule has 3 nitrogen and oxygen atoms in total. The lowest BCUT2D eigenvalue weighted by atomic mass is 9.70. The van der Waals surface area contributed by atoms with Gasteiger partial charge < -0.3 is 0 Å². The van der Waals surface area contributed by atoms with Crippen LogP contribution in [0.5, 0.6) is 0 Å². The van der Waals surface area contributed by atoms with Crippen LogP contribution in [0.15, 0.2) is 150 Å². The van der Waals surface area contributed by atoms with E-state index in [9.17, 15) is 0 Å². The first-order valence-electron chi connectivity index (χ1n) is 14.7. The summed E-state index contributed by atoms with van der Waals surface area (Å²) in [6.07, 6.45) is 0. The third-order valence-electron chi connectivity index (χ3n) is 9.01. The molecule has 9 rings (SSSR count). The van der Waals surface area contributed by atoms with Crippen molar-refractivity contribution < 1.29 is 0 Å². The summed E-state index contributed by atoms with van der Waals surface area (Å²) >= 11 is 3.80. The standard InChI is InChI=1S/C40H24BrN3/c41-28-20-22-32-30-16-8-10-18-34(30)40(36(32)24-28)33-17-9-7-15-29(33)31-21-19-27(23-35(31)40)39-43-37(25-11-3-1-4-12-25)42-38(44-39)26-13-5-2-6-14-26/h1-24H/t40-/m0/s1. The molecule has 0 N–H and O–H groups in total. The highest BCUT2D eigenvalue weighted by molar-refractivity contribution is 9.10. The minimum absolute atomic E-state index is 0.449. The summed E-state index contributed by atoms with van der Waals surface area (Å²) in [7, 11) is 0. The summed E-state index contributed by atoms with van der Waals surface area (Å²) in [6, 6.07) is 51.4. The van der Waals surface area contributed by atoms with Crippen LogP contribution in [0.25, 0.3) is 56.4 Å². The van der Waals surface area contributed by atoms with Crippen LogP contribution in [0.4, 0.5) is 0 Å². The molecule has 4 heteroatoms. The number of hydrogen-bond donors (Lipinski definition) is 0. The van der Waals surface area contributed by atoms with Gasteiger partial charge in [-0.15, -0.1) is 0 Å². The van der Waals surface area contributed by atoms with E-state index in [0.29, 0.717) is 17.5 Å². The van der Waals surface area contributed by atoms with E-state index in [0.717, 1.165) is 21.2 Å². The van der Waals surface area contributed by atoms with Crippen molar-refractivity contribution >= 4 is 15.9 Å². The molecule has 44 heavy (non-hydrogen) atoms. The zero-order valence-electron chi connectivity index (χ0n) is 23.6. The first kappa shape index (κ1) is 25.3. The van der Waals surface area contributed by atoms with Crippen molar-refractivity contribution in [1.29, 1.82) is 0 Å². The van der Waals surface area contributed by atoms with E-state index in [2.05, 4.69) is 101 Å². The van der Waals surface area contributed by atoms with Crippen LogP contribution < -0.4 is 0 Å². The van der Waals surface area contributed by atoms with Crippen LogP contribution in [0.1, 0.15) is 22.3 Å². The molecule has 6 aromatic carbocycles. The smallest absolute Gasteiger partial charge is 0.164 e. The van der Waals surface area contributed by atoms with Crippen LogP contribution in [-0.2, 0) is 5.41 Å². The van der Waals surface area contributed by atoms with E-state index >= 15 is 0 Å². The van der Waals surface area contributed by atoms with Gasteiger partial charge in [0.2, 0.25) is 0 Å². The normalized spacial score (nSPS) is 15.5. The fraction of sp³-hybridized carbons (Fsp3) is 0.0250. The summed E-state index contributed by atoms with van der Waals surface area (Å²) in [6.45, 7) is 0. The molecule has 1 aromatic heterocycles. The zero-order valence-corrected chi connectivity index (χ0v) is 25.2. The van der Waals surface area contributed by atoms with Crippen molar-refractivity contribution in [3.05, 3.63) is 172 Å². The lowest BCUT2D eigenvalue weighted by molar-refractivity contribution is 0.793. The Labute approximate surface area is 264 Å². The van der Waals surface area contributed by atoms with Crippen LogP contribution in [0.3, 0.4) is 0 Å². The minimum Gasteiger partial charge on any atom is -0.208 e. The molecule has 1 spiro atoms. The average molecular weight is 627 g/mol. The van der Waals surface area contributed by atoms with Gasteiger partial charge in [-0.3, -0.25) is 0 Å². The lowest BCUT2D eigenvalue weighted by Crippen LogP contribution is -2.26. The highest BCUT2D eigenvalue weighted by atomic mass is 79.9. The molecule has 2 aliphatic rings. The fourth-order valence-corrected chi connectivity index (χ4v) is 7.55. The Morgan fingerprint density at radius 3 is 1.36 bits per heavy atom. The van der Waals surface area contributed by atoms with Crippen LogP contribution in [0, 0.1) is 0 Å². The molecular weight excluding hydrogens is 602 g/mol. The number of hydrogen-bond acceptors (Lipinski definition) is 3. The lowest BCUT2D eigenvalue weighted by Gasteiger charge is -2.30. The van der Waals surface area contributed by atoms with E-state index in [-0.39, 0.29) is 0 Å². The molecule has 0 fully saturated rings. The predicted molar refractivity (Wildman–Crippen MR) is 180 cm³/mol. The molecule has 1 atom stereocenters. The fourth-order valence-electron chi connectivity index (χ4n) is 7.19. The second-order valence-corrected chi connectivity index (χ2v) is 12.2. The molecule has 0 radical (unpaired) electrons. The Kier molecular flexibility index (Phi) is 5.56. The maximum atomic E-state index is 5.06. The summed E-state index contributed by atoms with van der Waals surface area (Å²) in [5, 5.41) is 0. The van der Waals surface area contributed by atoms with E-state index in [1.807, 2.05) is 60.7 Å². The molecule has 0 amide bonds. The third-order valence-corrected chi connectivity index (χ3v) is 9.50. The molecule has 0 bridgehead atoms. The first-order valence-corrected chi connectivity index (χ1v) is 15.5. The van der Waals surface area contributed by atoms with Gasteiger partial charge in [-0.2, -0.15) is 0 Å². The molecular formula is C40H24BrN3. The molecule has 0 saturated carbocycles. The molecule has 206 valence electrons. The monoisotopic (exact) mass is 625 g/mol. The first-order chi connectivity index (χ1) is 21.7. The van der Waals surface area contributed by atoms with E-state index in [4.69, 9.17) is 15.0 Å². The highest BCUT2D eigenvalue weighted by Crippen LogP contribution is 2.63. The second-order valence-electron chi connectivity index (χ2n) is 11.3. The van der Waals surface area contributed by atoms with Crippen LogP contribution >= 0.6 is 15.9 Å². The van der Waals surface area contributed by atoms with E-state index in [1.165, 1.54) is 44.5 Å². The maximum Gasteiger partial charge on any atom is 0.164 e. The molecule has 7 aromatic rings. The number of nitrogens with zero attached hydrogens (tertiary/aromatic N) is 3. The zero-order chi connectivity index (χ0) is 29.3. The highest BCUT2D eigenvalue weighted by Gasteiger charge is 2.51. The Morgan fingerprint density at radius 1 is 0.364 bits per heavy atom. The van der Waals surface area contributed by atoms with Gasteiger partial charge in [-0.05, 0) is 62.7 Å². The SMILES string of the molecule is Brc1ccc2c(c1)[C@]1(c3ccccc3-2)c2ccccc2-c2ccc(-c3nc(-c4ccccc4)nc(-c4ccccc4)n3)cc21. The van der Waals surface area contributed by atoms with Crippen molar-refractivity contribution in [2.45, 2.75) is 5.41 Å². The van der Waals surface area contributed by atoms with Crippen LogP contribution in [-0.4, -0.2) is 15.0 Å². The number of benzene rings is 6. The van der Waals surface area contributed by atoms with Gasteiger partial charge in [0, 0.05) is 21.2 Å². The number of halogens is 1. The van der Waals surface area contributed by atoms with Gasteiger partial charge in [0.25, 0.3) is 0 Å².